The van der Waals surface area contributed by atoms with Crippen molar-refractivity contribution in [3.8, 4) is 11.5 Å². The Kier molecular flexibility index (Phi) is 7.71. The van der Waals surface area contributed by atoms with Gasteiger partial charge in [-0.2, -0.15) is 0 Å². The molecule has 8 N–H and O–H groups in total. The quantitative estimate of drug-likeness (QED) is 0.194. The van der Waals surface area contributed by atoms with Crippen LogP contribution in [0.3, 0.4) is 0 Å². The Hall–Kier alpha value is -4.28. The molecule has 3 heterocycles. The van der Waals surface area contributed by atoms with Crippen LogP contribution < -0.4 is 9.64 Å². The molecule has 0 aliphatic carbocycles. The van der Waals surface area contributed by atoms with Gasteiger partial charge in [-0.25, -0.2) is 19.4 Å². The molecule has 15 heteroatoms. The molecule has 4 rings (SSSR count). The van der Waals surface area contributed by atoms with Gasteiger partial charge in [0.15, 0.2) is 11.5 Å². The van der Waals surface area contributed by atoms with E-state index in [1.54, 1.807) is 0 Å². The van der Waals surface area contributed by atoms with Crippen molar-refractivity contribution in [1.29, 1.82) is 0 Å². The average Bonchev–Trinajstić information content (AvgIpc) is 3.24. The molecule has 2 aromatic rings. The van der Waals surface area contributed by atoms with E-state index in [0.717, 1.165) is 12.1 Å². The summed E-state index contributed by atoms with van der Waals surface area (Å²) < 4.78 is 10.8. The number of anilines is 1. The number of pyridine rings is 1. The summed E-state index contributed by atoms with van der Waals surface area (Å²) in [6, 6.07) is 3.52. The maximum Gasteiger partial charge on any atom is 0.354 e. The number of aromatic carboxylic acids is 2. The van der Waals surface area contributed by atoms with E-state index < -0.39 is 78.4 Å². The minimum absolute atomic E-state index is 0.0720. The summed E-state index contributed by atoms with van der Waals surface area (Å²) in [6.45, 7) is -0.693. The molecule has 1 aromatic heterocycles. The summed E-state index contributed by atoms with van der Waals surface area (Å²) in [7, 11) is 0. The molecular formula is C24H24N2O13. The fourth-order valence-corrected chi connectivity index (χ4v) is 4.29. The number of benzene rings is 1. The van der Waals surface area contributed by atoms with Gasteiger partial charge in [0.25, 0.3) is 0 Å². The molecule has 39 heavy (non-hydrogen) atoms. The molecular weight excluding hydrogens is 524 g/mol. The molecule has 0 spiro atoms. The highest BCUT2D eigenvalue weighted by Crippen LogP contribution is 2.42. The molecule has 0 radical (unpaired) electrons. The Bertz CT molecular complexity index is 1300. The van der Waals surface area contributed by atoms with Crippen LogP contribution in [0.5, 0.6) is 11.5 Å². The number of nitrogens with zero attached hydrogens (tertiary/aromatic N) is 2. The molecule has 1 aromatic carbocycles. The number of phenols is 1. The molecule has 0 saturated carbocycles. The molecule has 6 unspecified atom stereocenters. The number of aliphatic hydroxyl groups is 4. The first kappa shape index (κ1) is 27.7. The molecule has 0 bridgehead atoms. The van der Waals surface area contributed by atoms with Gasteiger partial charge in [0.05, 0.1) is 6.61 Å². The Morgan fingerprint density at radius 2 is 1.64 bits per heavy atom. The second-order valence-electron chi connectivity index (χ2n) is 8.83. The summed E-state index contributed by atoms with van der Waals surface area (Å²) in [5.74, 6) is -4.89. The fourth-order valence-electron chi connectivity index (χ4n) is 4.29. The number of fused-ring (bicyclic) bond motifs is 1. The zero-order chi connectivity index (χ0) is 28.6. The molecule has 0 amide bonds. The number of hydrogen-bond donors (Lipinski definition) is 8. The highest BCUT2D eigenvalue weighted by atomic mass is 16.7. The van der Waals surface area contributed by atoms with Crippen molar-refractivity contribution in [2.45, 2.75) is 43.2 Å². The fraction of sp³-hybridized carbons (Fsp3) is 0.333. The van der Waals surface area contributed by atoms with Gasteiger partial charge in [0.2, 0.25) is 6.29 Å². The summed E-state index contributed by atoms with van der Waals surface area (Å²) in [5, 5.41) is 78.2. The monoisotopic (exact) mass is 548 g/mol. The van der Waals surface area contributed by atoms with Crippen molar-refractivity contribution in [3.05, 3.63) is 53.0 Å². The normalized spacial score (nSPS) is 26.4. The second kappa shape index (κ2) is 10.8. The molecule has 15 nitrogen and oxygen atoms in total. The summed E-state index contributed by atoms with van der Waals surface area (Å²) >= 11 is 0. The minimum Gasteiger partial charge on any atom is -0.504 e. The van der Waals surface area contributed by atoms with E-state index in [9.17, 15) is 55.2 Å². The number of aromatic hydroxyl groups is 1. The number of phenolic OH excluding ortho intramolecular Hbond substituents is 1. The lowest BCUT2D eigenvalue weighted by molar-refractivity contribution is -0.277. The van der Waals surface area contributed by atoms with Crippen molar-refractivity contribution in [2.75, 3.05) is 11.5 Å². The Morgan fingerprint density at radius 1 is 1.00 bits per heavy atom. The first-order chi connectivity index (χ1) is 18.4. The third-order valence-electron chi connectivity index (χ3n) is 6.28. The van der Waals surface area contributed by atoms with Crippen LogP contribution in [0, 0.1) is 0 Å². The number of aromatic nitrogens is 1. The van der Waals surface area contributed by atoms with Gasteiger partial charge >= 0.3 is 17.9 Å². The van der Waals surface area contributed by atoms with E-state index in [0.29, 0.717) is 5.56 Å². The van der Waals surface area contributed by atoms with Crippen LogP contribution in [-0.2, 0) is 16.0 Å². The first-order valence-corrected chi connectivity index (χ1v) is 11.4. The molecule has 6 atom stereocenters. The number of ether oxygens (including phenoxy) is 2. The van der Waals surface area contributed by atoms with Crippen LogP contribution in [0.4, 0.5) is 5.69 Å². The molecule has 2 aliphatic heterocycles. The predicted octanol–water partition coefficient (Wildman–Crippen LogP) is -1.15. The number of carboxylic acids is 3. The zero-order valence-corrected chi connectivity index (χ0v) is 19.9. The second-order valence-corrected chi connectivity index (χ2v) is 8.83. The SMILES string of the molecule is O=C(O)c1cc(/C=C/N2c3cc(O)c(OC4OC(CO)C(O)C(O)C4O)cc3CC2C(=O)O)cc(C(=O)O)n1. The van der Waals surface area contributed by atoms with Crippen LogP contribution in [0.2, 0.25) is 0 Å². The molecule has 2 aliphatic rings. The van der Waals surface area contributed by atoms with Gasteiger partial charge in [0, 0.05) is 24.4 Å². The van der Waals surface area contributed by atoms with E-state index >= 15 is 0 Å². The number of carbonyl (C=O) groups is 3. The third kappa shape index (κ3) is 5.47. The van der Waals surface area contributed by atoms with Gasteiger partial charge in [0.1, 0.15) is 41.8 Å². The Morgan fingerprint density at radius 3 is 2.21 bits per heavy atom. The summed E-state index contributed by atoms with van der Waals surface area (Å²) in [6.07, 6.45) is -5.41. The number of hydrogen-bond acceptors (Lipinski definition) is 12. The van der Waals surface area contributed by atoms with E-state index in [1.165, 1.54) is 29.3 Å². The number of carboxylic acid groups (broad SMARTS) is 3. The summed E-state index contributed by atoms with van der Waals surface area (Å²) in [5.41, 5.74) is -0.318. The average molecular weight is 548 g/mol. The zero-order valence-electron chi connectivity index (χ0n) is 19.9. The number of rotatable bonds is 8. The van der Waals surface area contributed by atoms with Crippen molar-refractivity contribution < 1.29 is 64.7 Å². The molecule has 1 saturated heterocycles. The standard InChI is InChI=1S/C24H24N2O13/c27-8-17-18(29)19(30)20(31)24(39-17)38-16-6-10-5-14(23(36)37)26(13(10)7-15(16)28)2-1-9-3-11(21(32)33)25-12(4-9)22(34)35/h1-4,6-7,14,17-20,24,27-31H,5,8H2,(H,32,33)(H,34,35)(H,36,37)/b2-1+. The van der Waals surface area contributed by atoms with Gasteiger partial charge in [-0.15, -0.1) is 0 Å². The predicted molar refractivity (Wildman–Crippen MR) is 127 cm³/mol. The Labute approximate surface area is 219 Å². The van der Waals surface area contributed by atoms with Gasteiger partial charge < -0.3 is 55.2 Å². The number of aliphatic carboxylic acids is 1. The van der Waals surface area contributed by atoms with Gasteiger partial charge in [-0.3, -0.25) is 0 Å². The van der Waals surface area contributed by atoms with Gasteiger partial charge in [-0.1, -0.05) is 0 Å². The van der Waals surface area contributed by atoms with Gasteiger partial charge in [-0.05, 0) is 35.4 Å². The lowest BCUT2D eigenvalue weighted by Gasteiger charge is -2.39. The Balaban J connectivity index is 1.64. The van der Waals surface area contributed by atoms with E-state index in [-0.39, 0.29) is 23.4 Å². The highest BCUT2D eigenvalue weighted by Gasteiger charge is 2.45. The van der Waals surface area contributed by atoms with E-state index in [2.05, 4.69) is 4.98 Å². The van der Waals surface area contributed by atoms with E-state index in [1.807, 2.05) is 0 Å². The molecule has 208 valence electrons. The topological polar surface area (TPSA) is 248 Å². The highest BCUT2D eigenvalue weighted by molar-refractivity contribution is 5.91. The lowest BCUT2D eigenvalue weighted by Crippen LogP contribution is -2.60. The first-order valence-electron chi connectivity index (χ1n) is 11.4. The van der Waals surface area contributed by atoms with Crippen LogP contribution in [0.15, 0.2) is 30.5 Å². The van der Waals surface area contributed by atoms with E-state index in [4.69, 9.17) is 9.47 Å². The minimum atomic E-state index is -1.74. The van der Waals surface area contributed by atoms with Crippen LogP contribution in [0.1, 0.15) is 32.1 Å². The smallest absolute Gasteiger partial charge is 0.354 e. The van der Waals surface area contributed by atoms with Crippen molar-refractivity contribution in [2.24, 2.45) is 0 Å². The molecule has 1 fully saturated rings. The van der Waals surface area contributed by atoms with Crippen molar-refractivity contribution >= 4 is 29.7 Å². The van der Waals surface area contributed by atoms with Crippen LogP contribution in [0.25, 0.3) is 6.08 Å². The van der Waals surface area contributed by atoms with Crippen LogP contribution >= 0.6 is 0 Å². The third-order valence-corrected chi connectivity index (χ3v) is 6.28. The lowest BCUT2D eigenvalue weighted by atomic mass is 9.99. The summed E-state index contributed by atoms with van der Waals surface area (Å²) in [4.78, 5) is 39.4. The maximum absolute atomic E-state index is 12.0. The van der Waals surface area contributed by atoms with Crippen LogP contribution in [-0.4, -0.2) is 107 Å². The maximum atomic E-state index is 12.0. The largest absolute Gasteiger partial charge is 0.504 e. The number of aliphatic hydroxyl groups excluding tert-OH is 4. The van der Waals surface area contributed by atoms with Crippen molar-refractivity contribution in [3.63, 3.8) is 0 Å². The van der Waals surface area contributed by atoms with Crippen molar-refractivity contribution in [1.82, 2.24) is 4.98 Å².